The third-order valence-electron chi connectivity index (χ3n) is 7.45. The average Bonchev–Trinajstić information content (AvgIpc) is 3.35. The first kappa shape index (κ1) is 21.9. The van der Waals surface area contributed by atoms with Gasteiger partial charge in [-0.25, -0.2) is 9.97 Å². The summed E-state index contributed by atoms with van der Waals surface area (Å²) < 4.78 is 0. The Kier molecular flexibility index (Phi) is 6.18. The van der Waals surface area contributed by atoms with Crippen LogP contribution in [0.1, 0.15) is 42.5 Å². The van der Waals surface area contributed by atoms with Crippen LogP contribution in [0.5, 0.6) is 0 Å². The minimum atomic E-state index is 0.300. The SMILES string of the molecule is O=C(CN1CCN(c2nc(-c3cccnc3)nc3sc4c(c23)CCC4)CC1)N1CCCCCC1. The number of likely N-dealkylation sites (tertiary alicyclic amines) is 1. The Bertz CT molecular complexity index is 1160. The molecule has 7 nitrogen and oxygen atoms in total. The van der Waals surface area contributed by atoms with Crippen molar-refractivity contribution in [2.75, 3.05) is 50.7 Å². The van der Waals surface area contributed by atoms with Crippen LogP contribution in [0, 0.1) is 0 Å². The number of carbonyl (C=O) groups excluding carboxylic acids is 1. The number of aryl methyl sites for hydroxylation is 2. The Hall–Kier alpha value is -2.58. The fraction of sp³-hybridized carbons (Fsp3) is 0.538. The molecule has 3 aromatic rings. The van der Waals surface area contributed by atoms with E-state index in [1.54, 1.807) is 6.20 Å². The number of nitrogens with zero attached hydrogens (tertiary/aromatic N) is 6. The molecule has 3 aliphatic rings. The Labute approximate surface area is 204 Å². The van der Waals surface area contributed by atoms with E-state index in [2.05, 4.69) is 19.7 Å². The van der Waals surface area contributed by atoms with Gasteiger partial charge in [0.1, 0.15) is 10.6 Å². The first-order valence-electron chi connectivity index (χ1n) is 12.7. The van der Waals surface area contributed by atoms with Gasteiger partial charge in [0.15, 0.2) is 5.82 Å². The topological polar surface area (TPSA) is 65.5 Å². The fourth-order valence-electron chi connectivity index (χ4n) is 5.56. The molecule has 1 aliphatic carbocycles. The highest BCUT2D eigenvalue weighted by Gasteiger charge is 2.28. The van der Waals surface area contributed by atoms with E-state index in [-0.39, 0.29) is 0 Å². The number of anilines is 1. The summed E-state index contributed by atoms with van der Waals surface area (Å²) in [6.07, 6.45) is 11.9. The maximum atomic E-state index is 12.9. The minimum Gasteiger partial charge on any atom is -0.353 e. The van der Waals surface area contributed by atoms with Gasteiger partial charge in [0.25, 0.3) is 0 Å². The summed E-state index contributed by atoms with van der Waals surface area (Å²) in [6.45, 7) is 5.95. The van der Waals surface area contributed by atoms with Crippen molar-refractivity contribution in [3.63, 3.8) is 0 Å². The molecule has 34 heavy (non-hydrogen) atoms. The highest BCUT2D eigenvalue weighted by Crippen LogP contribution is 2.41. The first-order chi connectivity index (χ1) is 16.8. The van der Waals surface area contributed by atoms with Gasteiger partial charge in [-0.2, -0.15) is 0 Å². The number of piperazine rings is 1. The van der Waals surface area contributed by atoms with Gasteiger partial charge in [0, 0.05) is 62.1 Å². The highest BCUT2D eigenvalue weighted by atomic mass is 32.1. The number of pyridine rings is 1. The molecule has 0 saturated carbocycles. The second-order valence-electron chi connectivity index (χ2n) is 9.71. The lowest BCUT2D eigenvalue weighted by Gasteiger charge is -2.36. The summed E-state index contributed by atoms with van der Waals surface area (Å²) in [6, 6.07) is 3.97. The van der Waals surface area contributed by atoms with Crippen molar-refractivity contribution in [2.24, 2.45) is 0 Å². The van der Waals surface area contributed by atoms with E-state index in [9.17, 15) is 4.79 Å². The third kappa shape index (κ3) is 4.29. The van der Waals surface area contributed by atoms with E-state index in [0.29, 0.717) is 12.5 Å². The van der Waals surface area contributed by atoms with Crippen LogP contribution < -0.4 is 4.90 Å². The molecule has 0 N–H and O–H groups in total. The summed E-state index contributed by atoms with van der Waals surface area (Å²) in [4.78, 5) is 36.6. The summed E-state index contributed by atoms with van der Waals surface area (Å²) in [5.41, 5.74) is 2.42. The van der Waals surface area contributed by atoms with Gasteiger partial charge in [-0.3, -0.25) is 14.7 Å². The lowest BCUT2D eigenvalue weighted by molar-refractivity contribution is -0.132. The van der Waals surface area contributed by atoms with Crippen molar-refractivity contribution in [1.29, 1.82) is 0 Å². The molecule has 0 aromatic carbocycles. The third-order valence-corrected chi connectivity index (χ3v) is 8.64. The number of hydrogen-bond donors (Lipinski definition) is 0. The molecule has 178 valence electrons. The molecule has 0 bridgehead atoms. The van der Waals surface area contributed by atoms with E-state index in [1.807, 2.05) is 29.7 Å². The van der Waals surface area contributed by atoms with Gasteiger partial charge in [-0.05, 0) is 49.8 Å². The zero-order valence-electron chi connectivity index (χ0n) is 19.7. The second kappa shape index (κ2) is 9.58. The quantitative estimate of drug-likeness (QED) is 0.571. The zero-order chi connectivity index (χ0) is 22.9. The Morgan fingerprint density at radius 3 is 2.53 bits per heavy atom. The molecule has 2 fully saturated rings. The molecule has 0 atom stereocenters. The number of fused-ring (bicyclic) bond motifs is 3. The van der Waals surface area contributed by atoms with Gasteiger partial charge in [-0.1, -0.05) is 12.8 Å². The minimum absolute atomic E-state index is 0.300. The van der Waals surface area contributed by atoms with E-state index in [0.717, 1.165) is 87.0 Å². The average molecular weight is 477 g/mol. The fourth-order valence-corrected chi connectivity index (χ4v) is 6.81. The molecule has 2 saturated heterocycles. The maximum absolute atomic E-state index is 12.9. The predicted molar refractivity (Wildman–Crippen MR) is 136 cm³/mol. The van der Waals surface area contributed by atoms with Crippen LogP contribution in [0.2, 0.25) is 0 Å². The number of thiophene rings is 1. The van der Waals surface area contributed by atoms with Gasteiger partial charge in [-0.15, -0.1) is 11.3 Å². The lowest BCUT2D eigenvalue weighted by Crippen LogP contribution is -2.50. The molecular formula is C26H32N6OS. The van der Waals surface area contributed by atoms with E-state index in [1.165, 1.54) is 35.1 Å². The molecule has 5 heterocycles. The highest BCUT2D eigenvalue weighted by molar-refractivity contribution is 7.19. The van der Waals surface area contributed by atoms with Crippen LogP contribution in [0.4, 0.5) is 5.82 Å². The normalized spacial score (nSPS) is 19.4. The van der Waals surface area contributed by atoms with Crippen molar-refractivity contribution >= 4 is 33.3 Å². The molecule has 1 amide bonds. The largest absolute Gasteiger partial charge is 0.353 e. The van der Waals surface area contributed by atoms with E-state index in [4.69, 9.17) is 9.97 Å². The van der Waals surface area contributed by atoms with Crippen molar-refractivity contribution in [1.82, 2.24) is 24.8 Å². The van der Waals surface area contributed by atoms with E-state index < -0.39 is 0 Å². The Morgan fingerprint density at radius 1 is 0.941 bits per heavy atom. The molecular weight excluding hydrogens is 444 g/mol. The lowest BCUT2D eigenvalue weighted by atomic mass is 10.1. The van der Waals surface area contributed by atoms with Crippen LogP contribution in [0.15, 0.2) is 24.5 Å². The Morgan fingerprint density at radius 2 is 1.76 bits per heavy atom. The molecule has 0 spiro atoms. The van der Waals surface area contributed by atoms with Crippen molar-refractivity contribution in [3.8, 4) is 11.4 Å². The first-order valence-corrected chi connectivity index (χ1v) is 13.6. The van der Waals surface area contributed by atoms with Crippen molar-refractivity contribution in [3.05, 3.63) is 35.0 Å². The number of rotatable bonds is 4. The molecule has 0 unspecified atom stereocenters. The number of amides is 1. The Balaban J connectivity index is 1.22. The standard InChI is InChI=1S/C26H32N6OS/c33-22(31-11-3-1-2-4-12-31)18-30-13-15-32(16-14-30)25-23-20-8-5-9-21(20)34-26(23)29-24(28-25)19-7-6-10-27-17-19/h6-7,10,17H,1-5,8-9,11-16,18H2. The number of aromatic nitrogens is 3. The van der Waals surface area contributed by atoms with Crippen LogP contribution in [0.25, 0.3) is 21.6 Å². The van der Waals surface area contributed by atoms with Crippen molar-refractivity contribution in [2.45, 2.75) is 44.9 Å². The predicted octanol–water partition coefficient (Wildman–Crippen LogP) is 3.77. The van der Waals surface area contributed by atoms with Gasteiger partial charge in [0.05, 0.1) is 11.9 Å². The van der Waals surface area contributed by atoms with Crippen LogP contribution >= 0.6 is 11.3 Å². The van der Waals surface area contributed by atoms with E-state index >= 15 is 0 Å². The van der Waals surface area contributed by atoms with Crippen LogP contribution in [-0.4, -0.2) is 76.5 Å². The second-order valence-corrected chi connectivity index (χ2v) is 10.8. The van der Waals surface area contributed by atoms with Gasteiger partial charge in [0.2, 0.25) is 5.91 Å². The number of hydrogen-bond acceptors (Lipinski definition) is 7. The smallest absolute Gasteiger partial charge is 0.236 e. The zero-order valence-corrected chi connectivity index (χ0v) is 20.5. The molecule has 0 radical (unpaired) electrons. The van der Waals surface area contributed by atoms with Crippen LogP contribution in [0.3, 0.4) is 0 Å². The van der Waals surface area contributed by atoms with Gasteiger partial charge < -0.3 is 9.80 Å². The molecule has 8 heteroatoms. The maximum Gasteiger partial charge on any atom is 0.236 e. The summed E-state index contributed by atoms with van der Waals surface area (Å²) in [7, 11) is 0. The summed E-state index contributed by atoms with van der Waals surface area (Å²) in [5.74, 6) is 2.13. The molecule has 6 rings (SSSR count). The summed E-state index contributed by atoms with van der Waals surface area (Å²) >= 11 is 1.84. The number of carbonyl (C=O) groups is 1. The van der Waals surface area contributed by atoms with Crippen molar-refractivity contribution < 1.29 is 4.79 Å². The van der Waals surface area contributed by atoms with Crippen LogP contribution in [-0.2, 0) is 17.6 Å². The monoisotopic (exact) mass is 476 g/mol. The molecule has 2 aliphatic heterocycles. The molecule has 3 aromatic heterocycles. The summed E-state index contributed by atoms with van der Waals surface area (Å²) in [5, 5.41) is 1.26. The van der Waals surface area contributed by atoms with Gasteiger partial charge >= 0.3 is 0 Å².